The Labute approximate surface area is 118 Å². The Morgan fingerprint density at radius 3 is 2.30 bits per heavy atom. The van der Waals surface area contributed by atoms with Gasteiger partial charge >= 0.3 is 12.0 Å². The highest BCUT2D eigenvalue weighted by Crippen LogP contribution is 2.40. The number of piperidine rings is 1. The summed E-state index contributed by atoms with van der Waals surface area (Å²) in [4.78, 5) is 27.4. The summed E-state index contributed by atoms with van der Waals surface area (Å²) in [5.74, 6) is -0.491. The van der Waals surface area contributed by atoms with Gasteiger partial charge in [-0.15, -0.1) is 0 Å². The molecule has 6 nitrogen and oxygen atoms in total. The molecule has 3 aliphatic heterocycles. The number of carbonyl (C=O) groups excluding carboxylic acids is 1. The van der Waals surface area contributed by atoms with Gasteiger partial charge in [0.25, 0.3) is 0 Å². The quantitative estimate of drug-likeness (QED) is 0.786. The van der Waals surface area contributed by atoms with E-state index >= 15 is 0 Å². The lowest BCUT2D eigenvalue weighted by Crippen LogP contribution is -2.52. The van der Waals surface area contributed by atoms with Crippen LogP contribution in [0.25, 0.3) is 0 Å². The molecule has 3 N–H and O–H groups in total. The van der Waals surface area contributed by atoms with Crippen molar-refractivity contribution < 1.29 is 14.7 Å². The first kappa shape index (κ1) is 13.7. The lowest BCUT2D eigenvalue weighted by atomic mass is 9.88. The molecule has 2 amide bonds. The smallest absolute Gasteiger partial charge is 0.320 e. The molecule has 6 heteroatoms. The van der Waals surface area contributed by atoms with E-state index in [4.69, 9.17) is 10.8 Å². The van der Waals surface area contributed by atoms with E-state index in [1.807, 2.05) is 9.80 Å². The molecule has 0 spiro atoms. The Balaban J connectivity index is 1.64. The first-order valence-electron chi connectivity index (χ1n) is 7.59. The number of amides is 2. The molecular formula is C14H23N3O3. The molecule has 3 aliphatic rings. The molecule has 112 valence electrons. The third kappa shape index (κ3) is 2.49. The second kappa shape index (κ2) is 5.24. The number of urea groups is 1. The second-order valence-electron chi connectivity index (χ2n) is 6.50. The molecule has 0 aromatic rings. The summed E-state index contributed by atoms with van der Waals surface area (Å²) in [6, 6.07) is 0.713. The van der Waals surface area contributed by atoms with Gasteiger partial charge in [-0.2, -0.15) is 0 Å². The number of carboxylic acids is 1. The molecule has 3 fully saturated rings. The van der Waals surface area contributed by atoms with Gasteiger partial charge in [-0.05, 0) is 38.0 Å². The van der Waals surface area contributed by atoms with E-state index in [0.29, 0.717) is 6.54 Å². The van der Waals surface area contributed by atoms with Crippen molar-refractivity contribution in [2.24, 2.45) is 11.7 Å². The van der Waals surface area contributed by atoms with E-state index in [9.17, 15) is 9.59 Å². The van der Waals surface area contributed by atoms with Gasteiger partial charge in [-0.1, -0.05) is 0 Å². The molecular weight excluding hydrogens is 258 g/mol. The highest BCUT2D eigenvalue weighted by atomic mass is 16.4. The van der Waals surface area contributed by atoms with Crippen molar-refractivity contribution in [3.8, 4) is 0 Å². The van der Waals surface area contributed by atoms with Crippen LogP contribution >= 0.6 is 0 Å². The Morgan fingerprint density at radius 2 is 1.80 bits per heavy atom. The highest BCUT2D eigenvalue weighted by Gasteiger charge is 2.45. The van der Waals surface area contributed by atoms with Crippen LogP contribution in [0.2, 0.25) is 0 Å². The SMILES string of the molecule is NC1CCN(C(=O)N2C3CCC2CC(CC(=O)O)C3)C1. The predicted molar refractivity (Wildman–Crippen MR) is 73.2 cm³/mol. The average molecular weight is 281 g/mol. The number of fused-ring (bicyclic) bond motifs is 2. The van der Waals surface area contributed by atoms with Crippen LogP contribution in [0.1, 0.15) is 38.5 Å². The van der Waals surface area contributed by atoms with Crippen LogP contribution in [0.4, 0.5) is 4.79 Å². The minimum Gasteiger partial charge on any atom is -0.481 e. The lowest BCUT2D eigenvalue weighted by molar-refractivity contribution is -0.138. The number of carboxylic acid groups (broad SMARTS) is 1. The Bertz CT molecular complexity index is 400. The topological polar surface area (TPSA) is 86.9 Å². The summed E-state index contributed by atoms with van der Waals surface area (Å²) in [6.07, 6.45) is 4.85. The number of nitrogens with zero attached hydrogens (tertiary/aromatic N) is 2. The van der Waals surface area contributed by atoms with Crippen LogP contribution in [-0.4, -0.2) is 58.1 Å². The molecule has 3 unspecified atom stereocenters. The van der Waals surface area contributed by atoms with Crippen LogP contribution in [0.3, 0.4) is 0 Å². The molecule has 3 atom stereocenters. The molecule has 20 heavy (non-hydrogen) atoms. The summed E-state index contributed by atoms with van der Waals surface area (Å²) < 4.78 is 0. The normalized spacial score (nSPS) is 36.5. The molecule has 0 radical (unpaired) electrons. The van der Waals surface area contributed by atoms with Crippen molar-refractivity contribution in [3.05, 3.63) is 0 Å². The molecule has 0 aromatic carbocycles. The zero-order valence-electron chi connectivity index (χ0n) is 11.7. The van der Waals surface area contributed by atoms with Gasteiger partial charge in [0.1, 0.15) is 0 Å². The molecule has 0 saturated carbocycles. The molecule has 3 saturated heterocycles. The van der Waals surface area contributed by atoms with Gasteiger partial charge in [-0.25, -0.2) is 4.79 Å². The molecule has 0 aromatic heterocycles. The van der Waals surface area contributed by atoms with Crippen molar-refractivity contribution in [2.45, 2.75) is 56.7 Å². The van der Waals surface area contributed by atoms with Crippen LogP contribution in [-0.2, 0) is 4.79 Å². The van der Waals surface area contributed by atoms with Crippen LogP contribution in [0.15, 0.2) is 0 Å². The van der Waals surface area contributed by atoms with Crippen molar-refractivity contribution in [1.82, 2.24) is 9.80 Å². The number of hydrogen-bond donors (Lipinski definition) is 2. The summed E-state index contributed by atoms with van der Waals surface area (Å²) in [5, 5.41) is 8.93. The maximum absolute atomic E-state index is 12.6. The third-order valence-corrected chi connectivity index (χ3v) is 5.01. The van der Waals surface area contributed by atoms with Crippen LogP contribution in [0, 0.1) is 5.92 Å². The van der Waals surface area contributed by atoms with Crippen molar-refractivity contribution in [2.75, 3.05) is 13.1 Å². The second-order valence-corrected chi connectivity index (χ2v) is 6.50. The number of carbonyl (C=O) groups is 2. The maximum Gasteiger partial charge on any atom is 0.320 e. The van der Waals surface area contributed by atoms with Gasteiger partial charge in [0.05, 0.1) is 0 Å². The van der Waals surface area contributed by atoms with Gasteiger partial charge < -0.3 is 20.6 Å². The van der Waals surface area contributed by atoms with Crippen molar-refractivity contribution in [1.29, 1.82) is 0 Å². The van der Waals surface area contributed by atoms with Crippen LogP contribution < -0.4 is 5.73 Å². The Morgan fingerprint density at radius 1 is 1.15 bits per heavy atom. The fraction of sp³-hybridized carbons (Fsp3) is 0.857. The number of aliphatic carboxylic acids is 1. The van der Waals surface area contributed by atoms with E-state index < -0.39 is 5.97 Å². The minimum atomic E-state index is -0.723. The van der Waals surface area contributed by atoms with Gasteiger partial charge in [0.15, 0.2) is 0 Å². The van der Waals surface area contributed by atoms with Gasteiger partial charge in [-0.3, -0.25) is 4.79 Å². The number of nitrogens with two attached hydrogens (primary N) is 1. The van der Waals surface area contributed by atoms with Gasteiger partial charge in [0, 0.05) is 37.6 Å². The predicted octanol–water partition coefficient (Wildman–Crippen LogP) is 0.857. The van der Waals surface area contributed by atoms with E-state index in [1.165, 1.54) is 0 Å². The van der Waals surface area contributed by atoms with E-state index in [-0.39, 0.29) is 36.5 Å². The Hall–Kier alpha value is -1.30. The summed E-state index contributed by atoms with van der Waals surface area (Å²) in [5.41, 5.74) is 5.88. The third-order valence-electron chi connectivity index (χ3n) is 5.01. The lowest BCUT2D eigenvalue weighted by Gasteiger charge is -2.40. The number of hydrogen-bond acceptors (Lipinski definition) is 3. The van der Waals surface area contributed by atoms with Gasteiger partial charge in [0.2, 0.25) is 0 Å². The van der Waals surface area contributed by atoms with Crippen LogP contribution in [0.5, 0.6) is 0 Å². The van der Waals surface area contributed by atoms with Crippen molar-refractivity contribution in [3.63, 3.8) is 0 Å². The fourth-order valence-corrected chi connectivity index (χ4v) is 4.14. The molecule has 3 heterocycles. The summed E-state index contributed by atoms with van der Waals surface area (Å²) >= 11 is 0. The summed E-state index contributed by atoms with van der Waals surface area (Å²) in [7, 11) is 0. The number of likely N-dealkylation sites (tertiary alicyclic amines) is 1. The van der Waals surface area contributed by atoms with E-state index in [1.54, 1.807) is 0 Å². The average Bonchev–Trinajstić information content (AvgIpc) is 2.91. The zero-order valence-corrected chi connectivity index (χ0v) is 11.7. The fourth-order valence-electron chi connectivity index (χ4n) is 4.14. The molecule has 2 bridgehead atoms. The first-order chi connectivity index (χ1) is 9.54. The maximum atomic E-state index is 12.6. The first-order valence-corrected chi connectivity index (χ1v) is 7.59. The summed E-state index contributed by atoms with van der Waals surface area (Å²) in [6.45, 7) is 1.42. The number of rotatable bonds is 2. The monoisotopic (exact) mass is 281 g/mol. The standard InChI is InChI=1S/C14H23N3O3/c15-10-3-4-16(8-10)14(20)17-11-1-2-12(17)6-9(5-11)7-13(18)19/h9-12H,1-8,15H2,(H,18,19). The minimum absolute atomic E-state index is 0.112. The largest absolute Gasteiger partial charge is 0.481 e. The van der Waals surface area contributed by atoms with Crippen molar-refractivity contribution >= 4 is 12.0 Å². The van der Waals surface area contributed by atoms with E-state index in [2.05, 4.69) is 0 Å². The zero-order chi connectivity index (χ0) is 14.3. The molecule has 0 aliphatic carbocycles. The van der Waals surface area contributed by atoms with E-state index in [0.717, 1.165) is 38.6 Å². The molecule has 3 rings (SSSR count). The Kier molecular flexibility index (Phi) is 3.58. The highest BCUT2D eigenvalue weighted by molar-refractivity contribution is 5.76.